The zero-order chi connectivity index (χ0) is 17.0. The molecule has 2 atom stereocenters. The van der Waals surface area contributed by atoms with E-state index >= 15 is 0 Å². The SMILES string of the molecule is NCCO[C@H]1C[C@@H](O)C12CCN(C(=O)CCc1ccncc1)CC2. The summed E-state index contributed by atoms with van der Waals surface area (Å²) in [5.74, 6) is 0.190. The van der Waals surface area contributed by atoms with Crippen LogP contribution in [-0.2, 0) is 16.0 Å². The molecule has 0 bridgehead atoms. The first-order chi connectivity index (χ1) is 11.7. The fourth-order valence-corrected chi connectivity index (χ4v) is 3.96. The lowest BCUT2D eigenvalue weighted by atomic mass is 9.58. The van der Waals surface area contributed by atoms with E-state index in [0.29, 0.717) is 39.1 Å². The van der Waals surface area contributed by atoms with Crippen LogP contribution in [0.3, 0.4) is 0 Å². The molecule has 1 amide bonds. The highest BCUT2D eigenvalue weighted by Gasteiger charge is 2.56. The highest BCUT2D eigenvalue weighted by atomic mass is 16.5. The molecule has 6 heteroatoms. The maximum absolute atomic E-state index is 12.4. The summed E-state index contributed by atoms with van der Waals surface area (Å²) < 4.78 is 5.80. The number of aromatic nitrogens is 1. The van der Waals surface area contributed by atoms with E-state index < -0.39 is 0 Å². The molecule has 0 aromatic carbocycles. The van der Waals surface area contributed by atoms with Gasteiger partial charge in [0.1, 0.15) is 0 Å². The van der Waals surface area contributed by atoms with E-state index in [9.17, 15) is 9.90 Å². The molecule has 3 rings (SSSR count). The molecular formula is C18H27N3O3. The number of aliphatic hydroxyl groups excluding tert-OH is 1. The van der Waals surface area contributed by atoms with Gasteiger partial charge in [-0.3, -0.25) is 9.78 Å². The first-order valence-corrected chi connectivity index (χ1v) is 8.82. The summed E-state index contributed by atoms with van der Waals surface area (Å²) in [5.41, 5.74) is 6.47. The normalized spacial score (nSPS) is 25.5. The molecule has 1 aromatic heterocycles. The van der Waals surface area contributed by atoms with E-state index in [4.69, 9.17) is 10.5 Å². The smallest absolute Gasteiger partial charge is 0.222 e. The molecule has 2 fully saturated rings. The number of amides is 1. The molecule has 1 saturated carbocycles. The zero-order valence-electron chi connectivity index (χ0n) is 14.1. The molecule has 3 N–H and O–H groups in total. The summed E-state index contributed by atoms with van der Waals surface area (Å²) >= 11 is 0. The van der Waals surface area contributed by atoms with Crippen LogP contribution in [0.15, 0.2) is 24.5 Å². The second kappa shape index (κ2) is 7.59. The summed E-state index contributed by atoms with van der Waals surface area (Å²) in [4.78, 5) is 18.3. The first kappa shape index (κ1) is 17.3. The van der Waals surface area contributed by atoms with Gasteiger partial charge in [-0.1, -0.05) is 0 Å². The molecule has 0 radical (unpaired) electrons. The minimum absolute atomic E-state index is 0.0881. The largest absolute Gasteiger partial charge is 0.392 e. The molecule has 2 heterocycles. The van der Waals surface area contributed by atoms with Crippen molar-refractivity contribution < 1.29 is 14.6 Å². The van der Waals surface area contributed by atoms with Gasteiger partial charge in [-0.15, -0.1) is 0 Å². The molecule has 1 aliphatic heterocycles. The Hall–Kier alpha value is -1.50. The number of carbonyl (C=O) groups is 1. The molecular weight excluding hydrogens is 306 g/mol. The monoisotopic (exact) mass is 333 g/mol. The van der Waals surface area contributed by atoms with E-state index in [-0.39, 0.29) is 23.5 Å². The quantitative estimate of drug-likeness (QED) is 0.801. The lowest BCUT2D eigenvalue weighted by Crippen LogP contribution is -2.62. The van der Waals surface area contributed by atoms with Gasteiger partial charge in [0, 0.05) is 50.3 Å². The van der Waals surface area contributed by atoms with Crippen molar-refractivity contribution in [3.8, 4) is 0 Å². The number of piperidine rings is 1. The van der Waals surface area contributed by atoms with E-state index in [1.807, 2.05) is 17.0 Å². The summed E-state index contributed by atoms with van der Waals surface area (Å²) in [6.45, 7) is 2.44. The maximum Gasteiger partial charge on any atom is 0.222 e. The average molecular weight is 333 g/mol. The van der Waals surface area contributed by atoms with Crippen molar-refractivity contribution in [2.45, 2.75) is 44.3 Å². The number of hydrogen-bond acceptors (Lipinski definition) is 5. The van der Waals surface area contributed by atoms with Gasteiger partial charge in [0.25, 0.3) is 0 Å². The lowest BCUT2D eigenvalue weighted by Gasteiger charge is -2.56. The van der Waals surface area contributed by atoms with Crippen LogP contribution < -0.4 is 5.73 Å². The number of hydrogen-bond donors (Lipinski definition) is 2. The predicted octanol–water partition coefficient (Wildman–Crippen LogP) is 0.732. The lowest BCUT2D eigenvalue weighted by molar-refractivity contribution is -0.210. The van der Waals surface area contributed by atoms with Crippen LogP contribution in [-0.4, -0.2) is 59.3 Å². The number of ether oxygens (including phenoxy) is 1. The van der Waals surface area contributed by atoms with Crippen LogP contribution in [0.4, 0.5) is 0 Å². The van der Waals surface area contributed by atoms with E-state index in [2.05, 4.69) is 4.98 Å². The van der Waals surface area contributed by atoms with E-state index in [1.165, 1.54) is 0 Å². The molecule has 24 heavy (non-hydrogen) atoms. The molecule has 0 unspecified atom stereocenters. The standard InChI is InChI=1S/C18H27N3O3/c19-7-12-24-16-13-15(22)18(16)5-10-21(11-6-18)17(23)2-1-14-3-8-20-9-4-14/h3-4,8-9,15-16,22H,1-2,5-7,10-13,19H2/t15-,16+/m1/s1. The Morgan fingerprint density at radius 2 is 2.08 bits per heavy atom. The number of carbonyl (C=O) groups excluding carboxylic acids is 1. The highest BCUT2D eigenvalue weighted by molar-refractivity contribution is 5.76. The van der Waals surface area contributed by atoms with Crippen LogP contribution >= 0.6 is 0 Å². The van der Waals surface area contributed by atoms with Crippen molar-refractivity contribution in [3.63, 3.8) is 0 Å². The van der Waals surface area contributed by atoms with Gasteiger partial charge in [0.05, 0.1) is 18.8 Å². The first-order valence-electron chi connectivity index (χ1n) is 8.82. The molecule has 6 nitrogen and oxygen atoms in total. The van der Waals surface area contributed by atoms with Crippen LogP contribution in [0.25, 0.3) is 0 Å². The van der Waals surface area contributed by atoms with Crippen molar-refractivity contribution in [1.29, 1.82) is 0 Å². The summed E-state index contributed by atoms with van der Waals surface area (Å²) in [6.07, 6.45) is 6.86. The Labute approximate surface area is 143 Å². The molecule has 2 aliphatic rings. The molecule has 1 aromatic rings. The van der Waals surface area contributed by atoms with Crippen molar-refractivity contribution in [2.24, 2.45) is 11.1 Å². The average Bonchev–Trinajstić information content (AvgIpc) is 2.64. The number of aliphatic hydroxyl groups is 1. The summed E-state index contributed by atoms with van der Waals surface area (Å²) in [6, 6.07) is 3.89. The van der Waals surface area contributed by atoms with Crippen LogP contribution in [0.1, 0.15) is 31.2 Å². The molecule has 1 spiro atoms. The second-order valence-electron chi connectivity index (χ2n) is 6.87. The van der Waals surface area contributed by atoms with Crippen molar-refractivity contribution in [1.82, 2.24) is 9.88 Å². The van der Waals surface area contributed by atoms with Crippen molar-refractivity contribution in [3.05, 3.63) is 30.1 Å². The third-order valence-corrected chi connectivity index (χ3v) is 5.60. The number of rotatable bonds is 6. The summed E-state index contributed by atoms with van der Waals surface area (Å²) in [7, 11) is 0. The van der Waals surface area contributed by atoms with Gasteiger partial charge in [0.15, 0.2) is 0 Å². The van der Waals surface area contributed by atoms with E-state index in [0.717, 1.165) is 24.8 Å². The summed E-state index contributed by atoms with van der Waals surface area (Å²) in [5, 5.41) is 10.2. The Morgan fingerprint density at radius 3 is 2.71 bits per heavy atom. The van der Waals surface area contributed by atoms with Gasteiger partial charge in [0.2, 0.25) is 5.91 Å². The number of aryl methyl sites for hydroxylation is 1. The van der Waals surface area contributed by atoms with Gasteiger partial charge in [-0.05, 0) is 37.0 Å². The predicted molar refractivity (Wildman–Crippen MR) is 90.2 cm³/mol. The van der Waals surface area contributed by atoms with Crippen molar-refractivity contribution >= 4 is 5.91 Å². The fourth-order valence-electron chi connectivity index (χ4n) is 3.96. The number of likely N-dealkylation sites (tertiary alicyclic amines) is 1. The minimum atomic E-state index is -0.311. The fraction of sp³-hybridized carbons (Fsp3) is 0.667. The van der Waals surface area contributed by atoms with Crippen LogP contribution in [0.2, 0.25) is 0 Å². The Kier molecular flexibility index (Phi) is 5.48. The highest BCUT2D eigenvalue weighted by Crippen LogP contribution is 2.50. The second-order valence-corrected chi connectivity index (χ2v) is 6.87. The maximum atomic E-state index is 12.4. The van der Waals surface area contributed by atoms with Gasteiger partial charge < -0.3 is 20.5 Å². The topological polar surface area (TPSA) is 88.7 Å². The third kappa shape index (κ3) is 3.45. The molecule has 132 valence electrons. The van der Waals surface area contributed by atoms with Crippen LogP contribution in [0.5, 0.6) is 0 Å². The third-order valence-electron chi connectivity index (χ3n) is 5.60. The van der Waals surface area contributed by atoms with E-state index in [1.54, 1.807) is 12.4 Å². The van der Waals surface area contributed by atoms with Gasteiger partial charge >= 0.3 is 0 Å². The number of nitrogens with two attached hydrogens (primary N) is 1. The van der Waals surface area contributed by atoms with Crippen molar-refractivity contribution in [2.75, 3.05) is 26.2 Å². The van der Waals surface area contributed by atoms with Gasteiger partial charge in [-0.2, -0.15) is 0 Å². The zero-order valence-corrected chi connectivity index (χ0v) is 14.1. The Morgan fingerprint density at radius 1 is 1.38 bits per heavy atom. The number of nitrogens with zero attached hydrogens (tertiary/aromatic N) is 2. The molecule has 1 aliphatic carbocycles. The number of pyridine rings is 1. The Balaban J connectivity index is 1.48. The van der Waals surface area contributed by atoms with Crippen LogP contribution in [0, 0.1) is 5.41 Å². The minimum Gasteiger partial charge on any atom is -0.392 e. The Bertz CT molecular complexity index is 544. The van der Waals surface area contributed by atoms with Gasteiger partial charge in [-0.25, -0.2) is 0 Å². The molecule has 1 saturated heterocycles.